The van der Waals surface area contributed by atoms with Crippen molar-refractivity contribution < 1.29 is 19.4 Å². The molecule has 158 valence electrons. The van der Waals surface area contributed by atoms with E-state index in [2.05, 4.69) is 15.0 Å². The molecule has 3 aromatic rings. The minimum absolute atomic E-state index is 0.125. The van der Waals surface area contributed by atoms with Crippen LogP contribution in [0.15, 0.2) is 29.8 Å². The van der Waals surface area contributed by atoms with Gasteiger partial charge in [0.15, 0.2) is 17.3 Å². The third-order valence-electron chi connectivity index (χ3n) is 4.91. The summed E-state index contributed by atoms with van der Waals surface area (Å²) in [6.07, 6.45) is 0. The fourth-order valence-corrected chi connectivity index (χ4v) is 4.09. The third kappa shape index (κ3) is 4.07. The lowest BCUT2D eigenvalue weighted by Gasteiger charge is -2.41. The number of rotatable bonds is 6. The number of nitrogens with zero attached hydrogens (tertiary/aromatic N) is 5. The predicted molar refractivity (Wildman–Crippen MR) is 113 cm³/mol. The average Bonchev–Trinajstić information content (AvgIpc) is 3.25. The van der Waals surface area contributed by atoms with Gasteiger partial charge in [0.2, 0.25) is 5.95 Å². The van der Waals surface area contributed by atoms with E-state index < -0.39 is 6.04 Å². The molecule has 1 fully saturated rings. The molecule has 10 nitrogen and oxygen atoms in total. The summed E-state index contributed by atoms with van der Waals surface area (Å²) in [4.78, 5) is 30.0. The van der Waals surface area contributed by atoms with Crippen LogP contribution in [0.1, 0.15) is 0 Å². The van der Waals surface area contributed by atoms with Gasteiger partial charge in [0.25, 0.3) is 5.91 Å². The van der Waals surface area contributed by atoms with E-state index >= 15 is 0 Å². The van der Waals surface area contributed by atoms with Crippen molar-refractivity contribution in [3.63, 3.8) is 0 Å². The Morgan fingerprint density at radius 2 is 2.17 bits per heavy atom. The van der Waals surface area contributed by atoms with Crippen LogP contribution in [-0.2, 0) is 4.79 Å². The van der Waals surface area contributed by atoms with E-state index in [0.717, 1.165) is 0 Å². The van der Waals surface area contributed by atoms with E-state index in [1.165, 1.54) is 11.3 Å². The Morgan fingerprint density at radius 1 is 1.33 bits per heavy atom. The van der Waals surface area contributed by atoms with Crippen molar-refractivity contribution >= 4 is 39.4 Å². The highest BCUT2D eigenvalue weighted by molar-refractivity contribution is 7.16. The molecule has 2 aromatic heterocycles. The molecule has 3 heterocycles. The van der Waals surface area contributed by atoms with Gasteiger partial charge in [-0.3, -0.25) is 4.79 Å². The van der Waals surface area contributed by atoms with Gasteiger partial charge in [0.1, 0.15) is 17.0 Å². The molecule has 1 aliphatic rings. The Morgan fingerprint density at radius 3 is 2.97 bits per heavy atom. The normalized spacial score (nSPS) is 16.7. The quantitative estimate of drug-likeness (QED) is 0.583. The minimum Gasteiger partial charge on any atom is -0.497 e. The van der Waals surface area contributed by atoms with Crippen molar-refractivity contribution in [1.82, 2.24) is 19.9 Å². The highest BCUT2D eigenvalue weighted by Gasteiger charge is 2.32. The zero-order chi connectivity index (χ0) is 21.1. The topological polar surface area (TPSA) is 127 Å². The van der Waals surface area contributed by atoms with Gasteiger partial charge < -0.3 is 30.1 Å². The molecule has 0 radical (unpaired) electrons. The van der Waals surface area contributed by atoms with Gasteiger partial charge >= 0.3 is 0 Å². The number of fused-ring (bicyclic) bond motifs is 1. The molecule has 3 N–H and O–H groups in total. The number of methoxy groups -OCH3 is 1. The molecule has 0 bridgehead atoms. The standard InChI is InChI=1S/C19H22N6O4S/c1-28-13-3-2-4-14(7-13)29-10-15(27)25-6-5-24(8-12(25)9-26)17-16-18(30-11-21-16)23-19(20)22-17/h2-4,7,11-12,26H,5-6,8-10H2,1H3,(H2,20,22,23)/t12-/m1/s1. The van der Waals surface area contributed by atoms with Crippen LogP contribution in [0.3, 0.4) is 0 Å². The molecule has 0 unspecified atom stereocenters. The summed E-state index contributed by atoms with van der Waals surface area (Å²) < 4.78 is 10.8. The largest absolute Gasteiger partial charge is 0.497 e. The summed E-state index contributed by atoms with van der Waals surface area (Å²) in [5, 5.41) is 9.91. The SMILES string of the molecule is COc1cccc(OCC(=O)N2CCN(c3nc(N)nc4scnc34)C[C@@H]2CO)c1. The van der Waals surface area contributed by atoms with Crippen LogP contribution in [0.5, 0.6) is 11.5 Å². The minimum atomic E-state index is -0.398. The van der Waals surface area contributed by atoms with Crippen LogP contribution in [0, 0.1) is 0 Å². The third-order valence-corrected chi connectivity index (χ3v) is 5.63. The van der Waals surface area contributed by atoms with Crippen molar-refractivity contribution in [1.29, 1.82) is 0 Å². The molecule has 0 spiro atoms. The van der Waals surface area contributed by atoms with E-state index in [9.17, 15) is 9.90 Å². The van der Waals surface area contributed by atoms with Crippen LogP contribution in [0.4, 0.5) is 11.8 Å². The zero-order valence-corrected chi connectivity index (χ0v) is 17.2. The van der Waals surface area contributed by atoms with E-state index in [4.69, 9.17) is 15.2 Å². The summed E-state index contributed by atoms with van der Waals surface area (Å²) in [6.45, 7) is 1.05. The zero-order valence-electron chi connectivity index (χ0n) is 16.4. The van der Waals surface area contributed by atoms with Crippen LogP contribution in [-0.4, -0.2) is 76.9 Å². The average molecular weight is 430 g/mol. The summed E-state index contributed by atoms with van der Waals surface area (Å²) >= 11 is 1.39. The number of thiazole rings is 1. The first-order valence-corrected chi connectivity index (χ1v) is 10.3. The van der Waals surface area contributed by atoms with Crippen molar-refractivity contribution in [3.8, 4) is 11.5 Å². The van der Waals surface area contributed by atoms with Gasteiger partial charge in [0, 0.05) is 25.7 Å². The Balaban J connectivity index is 1.44. The number of amides is 1. The summed E-state index contributed by atoms with van der Waals surface area (Å²) in [7, 11) is 1.57. The van der Waals surface area contributed by atoms with Crippen molar-refractivity contribution in [2.75, 3.05) is 50.6 Å². The molecule has 4 rings (SSSR count). The molecule has 30 heavy (non-hydrogen) atoms. The maximum absolute atomic E-state index is 12.7. The number of benzene rings is 1. The molecule has 11 heteroatoms. The molecule has 1 aliphatic heterocycles. The molecule has 1 saturated heterocycles. The highest BCUT2D eigenvalue weighted by atomic mass is 32.1. The Hall–Kier alpha value is -3.18. The highest BCUT2D eigenvalue weighted by Crippen LogP contribution is 2.28. The number of anilines is 2. The molecule has 1 aromatic carbocycles. The van der Waals surface area contributed by atoms with Crippen molar-refractivity contribution in [2.45, 2.75) is 6.04 Å². The maximum Gasteiger partial charge on any atom is 0.260 e. The summed E-state index contributed by atoms with van der Waals surface area (Å²) in [5.41, 5.74) is 8.21. The summed E-state index contributed by atoms with van der Waals surface area (Å²) in [6, 6.07) is 6.67. The number of piperazine rings is 1. The number of nitrogen functional groups attached to an aromatic ring is 1. The van der Waals surface area contributed by atoms with Crippen LogP contribution < -0.4 is 20.1 Å². The molecule has 1 atom stereocenters. The lowest BCUT2D eigenvalue weighted by Crippen LogP contribution is -2.58. The molecular formula is C19H22N6O4S. The molecular weight excluding hydrogens is 408 g/mol. The first-order chi connectivity index (χ1) is 14.6. The number of nitrogens with two attached hydrogens (primary N) is 1. The summed E-state index contributed by atoms with van der Waals surface area (Å²) in [5.74, 6) is 1.80. The van der Waals surface area contributed by atoms with E-state index in [1.807, 2.05) is 4.90 Å². The van der Waals surface area contributed by atoms with E-state index in [1.54, 1.807) is 41.8 Å². The fraction of sp³-hybridized carbons (Fsp3) is 0.368. The van der Waals surface area contributed by atoms with Gasteiger partial charge in [0.05, 0.1) is 25.3 Å². The predicted octanol–water partition coefficient (Wildman–Crippen LogP) is 0.766. The second kappa shape index (κ2) is 8.67. The molecule has 0 aliphatic carbocycles. The van der Waals surface area contributed by atoms with Crippen molar-refractivity contribution in [3.05, 3.63) is 29.8 Å². The maximum atomic E-state index is 12.7. The number of hydrogen-bond acceptors (Lipinski definition) is 10. The van der Waals surface area contributed by atoms with Crippen LogP contribution in [0.2, 0.25) is 0 Å². The Kier molecular flexibility index (Phi) is 5.81. The lowest BCUT2D eigenvalue weighted by molar-refractivity contribution is -0.137. The van der Waals surface area contributed by atoms with Gasteiger partial charge in [-0.05, 0) is 12.1 Å². The fourth-order valence-electron chi connectivity index (χ4n) is 3.43. The number of aliphatic hydroxyl groups is 1. The number of carbonyl (C=O) groups is 1. The molecule has 1 amide bonds. The Bertz CT molecular complexity index is 1040. The van der Waals surface area contributed by atoms with Crippen LogP contribution >= 0.6 is 11.3 Å². The van der Waals surface area contributed by atoms with E-state index in [0.29, 0.717) is 47.3 Å². The second-order valence-electron chi connectivity index (χ2n) is 6.75. The monoisotopic (exact) mass is 430 g/mol. The van der Waals surface area contributed by atoms with Crippen LogP contribution in [0.25, 0.3) is 10.3 Å². The first kappa shape index (κ1) is 20.1. The Labute approximate surface area is 176 Å². The van der Waals surface area contributed by atoms with E-state index in [-0.39, 0.29) is 25.1 Å². The van der Waals surface area contributed by atoms with Crippen molar-refractivity contribution in [2.24, 2.45) is 0 Å². The van der Waals surface area contributed by atoms with Gasteiger partial charge in [-0.1, -0.05) is 6.07 Å². The van der Waals surface area contributed by atoms with Gasteiger partial charge in [-0.15, -0.1) is 11.3 Å². The molecule has 0 saturated carbocycles. The number of aliphatic hydroxyl groups excluding tert-OH is 1. The number of hydrogen-bond donors (Lipinski definition) is 2. The lowest BCUT2D eigenvalue weighted by atomic mass is 10.1. The number of carbonyl (C=O) groups excluding carboxylic acids is 1. The van der Waals surface area contributed by atoms with Gasteiger partial charge in [-0.2, -0.15) is 4.98 Å². The number of aromatic nitrogens is 3. The smallest absolute Gasteiger partial charge is 0.260 e. The number of ether oxygens (including phenoxy) is 2. The van der Waals surface area contributed by atoms with Gasteiger partial charge in [-0.25, -0.2) is 9.97 Å². The second-order valence-corrected chi connectivity index (χ2v) is 7.58. The first-order valence-electron chi connectivity index (χ1n) is 9.38.